The molecule has 0 aromatic heterocycles. The Balaban J connectivity index is 3.13. The van der Waals surface area contributed by atoms with E-state index in [-0.39, 0.29) is 0 Å². The van der Waals surface area contributed by atoms with Crippen molar-refractivity contribution in [2.75, 3.05) is 31.8 Å². The maximum atomic E-state index is 10.6. The predicted molar refractivity (Wildman–Crippen MR) is 64.4 cm³/mol. The van der Waals surface area contributed by atoms with Crippen LogP contribution < -0.4 is 0 Å². The third-order valence-electron chi connectivity index (χ3n) is 1.21. The molecule has 0 aromatic rings. The van der Waals surface area contributed by atoms with Crippen LogP contribution in [-0.4, -0.2) is 44.0 Å². The number of carbonyl (C=O) groups excluding carboxylic acids is 2. The number of methoxy groups -OCH3 is 1. The summed E-state index contributed by atoms with van der Waals surface area (Å²) in [5.74, 6) is 0.928. The second-order valence-corrected chi connectivity index (χ2v) is 5.02. The van der Waals surface area contributed by atoms with Crippen LogP contribution in [0.1, 0.15) is 0 Å². The zero-order chi connectivity index (χ0) is 12.2. The van der Waals surface area contributed by atoms with Crippen molar-refractivity contribution in [3.8, 4) is 0 Å². The van der Waals surface area contributed by atoms with Gasteiger partial charge in [0, 0.05) is 17.6 Å². The second kappa shape index (κ2) is 10.7. The molecule has 0 radical (unpaired) electrons. The van der Waals surface area contributed by atoms with Gasteiger partial charge in [-0.3, -0.25) is 0 Å². The standard InChI is InChI=1S/C9H14O5S2/c1-3-8(10)13-4-6-15-16-7-5-14-9(11)12-2/h3H,1,4-7H2,2H3. The lowest BCUT2D eigenvalue weighted by Gasteiger charge is -2.03. The van der Waals surface area contributed by atoms with E-state index in [0.29, 0.717) is 24.7 Å². The Bertz CT molecular complexity index is 232. The highest BCUT2D eigenvalue weighted by Crippen LogP contribution is 2.20. The molecule has 0 saturated carbocycles. The summed E-state index contributed by atoms with van der Waals surface area (Å²) in [4.78, 5) is 21.2. The average molecular weight is 266 g/mol. The highest BCUT2D eigenvalue weighted by Gasteiger charge is 2.00. The molecule has 0 rings (SSSR count). The van der Waals surface area contributed by atoms with Crippen LogP contribution in [0.4, 0.5) is 4.79 Å². The van der Waals surface area contributed by atoms with E-state index in [1.165, 1.54) is 28.7 Å². The SMILES string of the molecule is C=CC(=O)OCCSSCCOC(=O)OC. The summed E-state index contributed by atoms with van der Waals surface area (Å²) >= 11 is 0. The molecule has 0 saturated heterocycles. The lowest BCUT2D eigenvalue weighted by Crippen LogP contribution is -2.06. The first-order chi connectivity index (χ1) is 7.70. The summed E-state index contributed by atoms with van der Waals surface area (Å²) in [6.07, 6.45) is 0.452. The normalized spacial score (nSPS) is 9.31. The van der Waals surface area contributed by atoms with Crippen molar-refractivity contribution in [2.24, 2.45) is 0 Å². The maximum Gasteiger partial charge on any atom is 0.508 e. The van der Waals surface area contributed by atoms with Gasteiger partial charge in [0.05, 0.1) is 7.11 Å². The number of hydrogen-bond acceptors (Lipinski definition) is 7. The monoisotopic (exact) mass is 266 g/mol. The first-order valence-corrected chi connectivity index (χ1v) is 6.94. The van der Waals surface area contributed by atoms with Gasteiger partial charge < -0.3 is 14.2 Å². The minimum atomic E-state index is -0.675. The van der Waals surface area contributed by atoms with Crippen molar-refractivity contribution in [2.45, 2.75) is 0 Å². The molecular weight excluding hydrogens is 252 g/mol. The van der Waals surface area contributed by atoms with E-state index in [1.807, 2.05) is 0 Å². The van der Waals surface area contributed by atoms with E-state index < -0.39 is 12.1 Å². The lowest BCUT2D eigenvalue weighted by molar-refractivity contribution is -0.137. The number of carbonyl (C=O) groups is 2. The van der Waals surface area contributed by atoms with Crippen LogP contribution in [0.15, 0.2) is 12.7 Å². The van der Waals surface area contributed by atoms with Crippen molar-refractivity contribution in [1.29, 1.82) is 0 Å². The van der Waals surface area contributed by atoms with Gasteiger partial charge in [-0.05, 0) is 0 Å². The van der Waals surface area contributed by atoms with Crippen molar-refractivity contribution in [1.82, 2.24) is 0 Å². The number of hydrogen-bond donors (Lipinski definition) is 0. The summed E-state index contributed by atoms with van der Waals surface area (Å²) in [5, 5.41) is 0. The Morgan fingerprint density at radius 1 is 1.19 bits per heavy atom. The molecule has 0 aliphatic rings. The Labute approximate surface area is 102 Å². The first kappa shape index (κ1) is 15.2. The third kappa shape index (κ3) is 9.72. The molecule has 0 fully saturated rings. The van der Waals surface area contributed by atoms with Gasteiger partial charge in [-0.15, -0.1) is 0 Å². The molecule has 0 aliphatic carbocycles. The number of esters is 1. The molecule has 5 nitrogen and oxygen atoms in total. The summed E-state index contributed by atoms with van der Waals surface area (Å²) in [6, 6.07) is 0. The quantitative estimate of drug-likeness (QED) is 0.288. The van der Waals surface area contributed by atoms with E-state index >= 15 is 0 Å². The second-order valence-electron chi connectivity index (χ2n) is 2.32. The minimum Gasteiger partial charge on any atom is -0.462 e. The van der Waals surface area contributed by atoms with E-state index in [0.717, 1.165) is 6.08 Å². The summed E-state index contributed by atoms with van der Waals surface area (Å²) in [7, 11) is 4.33. The molecule has 0 heterocycles. The zero-order valence-corrected chi connectivity index (χ0v) is 10.6. The van der Waals surface area contributed by atoms with Gasteiger partial charge in [0.25, 0.3) is 0 Å². The molecule has 0 spiro atoms. The molecule has 16 heavy (non-hydrogen) atoms. The summed E-state index contributed by atoms with van der Waals surface area (Å²) in [5.41, 5.74) is 0. The van der Waals surface area contributed by atoms with E-state index in [2.05, 4.69) is 16.1 Å². The van der Waals surface area contributed by atoms with E-state index in [1.54, 1.807) is 0 Å². The largest absolute Gasteiger partial charge is 0.508 e. The van der Waals surface area contributed by atoms with Gasteiger partial charge in [0.1, 0.15) is 13.2 Å². The Morgan fingerprint density at radius 3 is 2.25 bits per heavy atom. The fraction of sp³-hybridized carbons (Fsp3) is 0.556. The van der Waals surface area contributed by atoms with Crippen molar-refractivity contribution in [3.05, 3.63) is 12.7 Å². The Morgan fingerprint density at radius 2 is 1.75 bits per heavy atom. The van der Waals surface area contributed by atoms with Gasteiger partial charge >= 0.3 is 12.1 Å². The molecule has 0 bridgehead atoms. The number of ether oxygens (including phenoxy) is 3. The molecule has 0 aliphatic heterocycles. The van der Waals surface area contributed by atoms with Crippen LogP contribution in [0, 0.1) is 0 Å². The molecule has 92 valence electrons. The summed E-state index contributed by atoms with van der Waals surface area (Å²) in [6.45, 7) is 3.93. The van der Waals surface area contributed by atoms with E-state index in [4.69, 9.17) is 4.74 Å². The van der Waals surface area contributed by atoms with Crippen LogP contribution in [0.5, 0.6) is 0 Å². The van der Waals surface area contributed by atoms with Gasteiger partial charge in [-0.25, -0.2) is 9.59 Å². The Hall–Kier alpha value is -0.820. The maximum absolute atomic E-state index is 10.6. The van der Waals surface area contributed by atoms with Gasteiger partial charge in [0.15, 0.2) is 0 Å². The molecule has 0 N–H and O–H groups in total. The smallest absolute Gasteiger partial charge is 0.462 e. The van der Waals surface area contributed by atoms with Gasteiger partial charge in [-0.2, -0.15) is 0 Å². The molecule has 0 amide bonds. The predicted octanol–water partition coefficient (Wildman–Crippen LogP) is 1.88. The van der Waals surface area contributed by atoms with Gasteiger partial charge in [-0.1, -0.05) is 28.2 Å². The van der Waals surface area contributed by atoms with Crippen molar-refractivity contribution < 1.29 is 23.8 Å². The first-order valence-electron chi connectivity index (χ1n) is 4.45. The highest BCUT2D eigenvalue weighted by molar-refractivity contribution is 8.76. The van der Waals surface area contributed by atoms with Crippen LogP contribution in [0.25, 0.3) is 0 Å². The minimum absolute atomic E-state index is 0.302. The molecule has 0 unspecified atom stereocenters. The van der Waals surface area contributed by atoms with Crippen LogP contribution in [0.2, 0.25) is 0 Å². The topological polar surface area (TPSA) is 61.8 Å². The molecule has 0 aromatic carbocycles. The molecular formula is C9H14O5S2. The lowest BCUT2D eigenvalue weighted by atomic mass is 10.6. The van der Waals surface area contributed by atoms with Crippen LogP contribution in [-0.2, 0) is 19.0 Å². The average Bonchev–Trinajstić information content (AvgIpc) is 2.31. The number of rotatable bonds is 8. The molecule has 7 heteroatoms. The summed E-state index contributed by atoms with van der Waals surface area (Å²) < 4.78 is 13.7. The molecule has 0 atom stereocenters. The fourth-order valence-electron chi connectivity index (χ4n) is 0.571. The van der Waals surface area contributed by atoms with Crippen LogP contribution in [0.3, 0.4) is 0 Å². The van der Waals surface area contributed by atoms with Crippen molar-refractivity contribution in [3.63, 3.8) is 0 Å². The third-order valence-corrected chi connectivity index (χ3v) is 3.55. The van der Waals surface area contributed by atoms with Crippen molar-refractivity contribution >= 4 is 33.7 Å². The van der Waals surface area contributed by atoms with E-state index in [9.17, 15) is 9.59 Å². The Kier molecular flexibility index (Phi) is 10.1. The van der Waals surface area contributed by atoms with Crippen LogP contribution >= 0.6 is 21.6 Å². The highest BCUT2D eigenvalue weighted by atomic mass is 33.1. The van der Waals surface area contributed by atoms with Gasteiger partial charge in [0.2, 0.25) is 0 Å². The fourth-order valence-corrected chi connectivity index (χ4v) is 2.22. The zero-order valence-electron chi connectivity index (χ0n) is 8.97.